The first-order valence-electron chi connectivity index (χ1n) is 5.91. The summed E-state index contributed by atoms with van der Waals surface area (Å²) in [4.78, 5) is 33.3. The van der Waals surface area contributed by atoms with E-state index in [9.17, 15) is 23.2 Å². The van der Waals surface area contributed by atoms with Gasteiger partial charge in [-0.2, -0.15) is 0 Å². The Morgan fingerprint density at radius 1 is 1.05 bits per heavy atom. The molecule has 114 valence electrons. The third-order valence-electron chi connectivity index (χ3n) is 3.10. The van der Waals surface area contributed by atoms with Crippen LogP contribution >= 0.6 is 0 Å². The number of amides is 1. The molecule has 0 saturated heterocycles. The maximum atomic E-state index is 13.5. The number of nitrogens with one attached hydrogen (secondary N) is 1. The zero-order valence-electron chi connectivity index (χ0n) is 11.2. The van der Waals surface area contributed by atoms with Crippen molar-refractivity contribution in [3.8, 4) is 0 Å². The molecule has 1 aromatic rings. The minimum Gasteiger partial charge on any atom is -0.481 e. The number of aromatic carboxylic acids is 1. The fourth-order valence-corrected chi connectivity index (χ4v) is 1.50. The number of carbonyl (C=O) groups excluding carboxylic acids is 1. The van der Waals surface area contributed by atoms with Crippen molar-refractivity contribution in [3.63, 3.8) is 0 Å². The van der Waals surface area contributed by atoms with E-state index >= 15 is 0 Å². The highest BCUT2D eigenvalue weighted by Gasteiger charge is 2.27. The molecule has 8 heteroatoms. The summed E-state index contributed by atoms with van der Waals surface area (Å²) in [5.74, 6) is -8.07. The summed E-state index contributed by atoms with van der Waals surface area (Å²) in [6, 6.07) is 0.980. The molecule has 0 aromatic heterocycles. The molecular formula is C13H13F2NO5. The van der Waals surface area contributed by atoms with Gasteiger partial charge in [0.25, 0.3) is 0 Å². The highest BCUT2D eigenvalue weighted by atomic mass is 19.1. The monoisotopic (exact) mass is 301 g/mol. The third kappa shape index (κ3) is 3.74. The van der Waals surface area contributed by atoms with Crippen molar-refractivity contribution in [3.05, 3.63) is 29.3 Å². The quantitative estimate of drug-likeness (QED) is 0.771. The molecule has 2 unspecified atom stereocenters. The number of aliphatic carboxylic acids is 1. The Kier molecular flexibility index (Phi) is 4.96. The van der Waals surface area contributed by atoms with Crippen LogP contribution in [0.5, 0.6) is 0 Å². The van der Waals surface area contributed by atoms with E-state index in [1.807, 2.05) is 0 Å². The summed E-state index contributed by atoms with van der Waals surface area (Å²) < 4.78 is 26.7. The van der Waals surface area contributed by atoms with Crippen LogP contribution in [0.2, 0.25) is 0 Å². The number of rotatable bonds is 5. The van der Waals surface area contributed by atoms with E-state index in [0.29, 0.717) is 12.1 Å². The van der Waals surface area contributed by atoms with E-state index in [1.54, 1.807) is 0 Å². The zero-order valence-corrected chi connectivity index (χ0v) is 11.2. The molecule has 1 aromatic carbocycles. The molecule has 6 nitrogen and oxygen atoms in total. The minimum atomic E-state index is -1.62. The summed E-state index contributed by atoms with van der Waals surface area (Å²) in [6.45, 7) is 2.63. The Morgan fingerprint density at radius 2 is 1.62 bits per heavy atom. The maximum absolute atomic E-state index is 13.5. The first-order chi connectivity index (χ1) is 9.65. The van der Waals surface area contributed by atoms with Crippen molar-refractivity contribution >= 4 is 23.5 Å². The van der Waals surface area contributed by atoms with E-state index in [0.717, 1.165) is 0 Å². The van der Waals surface area contributed by atoms with Gasteiger partial charge in [-0.3, -0.25) is 9.59 Å². The van der Waals surface area contributed by atoms with Crippen LogP contribution in [0.25, 0.3) is 0 Å². The molecule has 0 bridgehead atoms. The number of anilines is 1. The first kappa shape index (κ1) is 16.5. The van der Waals surface area contributed by atoms with E-state index in [1.165, 1.54) is 13.8 Å². The predicted molar refractivity (Wildman–Crippen MR) is 67.9 cm³/mol. The predicted octanol–water partition coefficient (Wildman–Crippen LogP) is 1.96. The second-order valence-electron chi connectivity index (χ2n) is 4.52. The number of benzene rings is 1. The van der Waals surface area contributed by atoms with Gasteiger partial charge in [0.15, 0.2) is 0 Å². The summed E-state index contributed by atoms with van der Waals surface area (Å²) in [7, 11) is 0. The number of carbonyl (C=O) groups is 3. The van der Waals surface area contributed by atoms with Gasteiger partial charge in [-0.25, -0.2) is 13.6 Å². The van der Waals surface area contributed by atoms with Crippen LogP contribution in [0.4, 0.5) is 14.5 Å². The molecule has 0 aliphatic heterocycles. The Hall–Kier alpha value is -2.51. The topological polar surface area (TPSA) is 104 Å². The minimum absolute atomic E-state index is 0.338. The van der Waals surface area contributed by atoms with Crippen LogP contribution in [0.3, 0.4) is 0 Å². The molecule has 1 amide bonds. The Bertz CT molecular complexity index is 602. The van der Waals surface area contributed by atoms with Gasteiger partial charge in [0.1, 0.15) is 11.6 Å². The van der Waals surface area contributed by atoms with Gasteiger partial charge in [-0.1, -0.05) is 13.8 Å². The van der Waals surface area contributed by atoms with E-state index < -0.39 is 52.6 Å². The molecule has 2 atom stereocenters. The molecule has 1 rings (SSSR count). The van der Waals surface area contributed by atoms with E-state index in [-0.39, 0.29) is 0 Å². The molecule has 0 radical (unpaired) electrons. The van der Waals surface area contributed by atoms with Gasteiger partial charge in [0, 0.05) is 12.0 Å². The molecule has 0 spiro atoms. The standard InChI is InChI=1S/C13H13F2NO5/c1-5(6(2)12(18)19)11(17)16-10-3-7(13(20)21)8(14)4-9(10)15/h3-6H,1-2H3,(H,16,17)(H,18,19)(H,20,21). The molecule has 0 saturated carbocycles. The Morgan fingerprint density at radius 3 is 2.10 bits per heavy atom. The lowest BCUT2D eigenvalue weighted by atomic mass is 9.95. The molecule has 21 heavy (non-hydrogen) atoms. The molecule has 0 aliphatic carbocycles. The Balaban J connectivity index is 3.03. The molecular weight excluding hydrogens is 288 g/mol. The van der Waals surface area contributed by atoms with Gasteiger partial charge >= 0.3 is 11.9 Å². The van der Waals surface area contributed by atoms with Gasteiger partial charge < -0.3 is 15.5 Å². The molecule has 0 heterocycles. The van der Waals surface area contributed by atoms with E-state index in [2.05, 4.69) is 5.32 Å². The van der Waals surface area contributed by atoms with Crippen LogP contribution < -0.4 is 5.32 Å². The third-order valence-corrected chi connectivity index (χ3v) is 3.10. The summed E-state index contributed by atoms with van der Waals surface area (Å²) in [5.41, 5.74) is -1.33. The van der Waals surface area contributed by atoms with Crippen LogP contribution in [0.15, 0.2) is 12.1 Å². The lowest BCUT2D eigenvalue weighted by molar-refractivity contribution is -0.145. The second kappa shape index (κ2) is 6.29. The highest BCUT2D eigenvalue weighted by Crippen LogP contribution is 2.21. The number of carboxylic acids is 2. The van der Waals surface area contributed by atoms with E-state index in [4.69, 9.17) is 10.2 Å². The smallest absolute Gasteiger partial charge is 0.338 e. The maximum Gasteiger partial charge on any atom is 0.338 e. The molecule has 0 aliphatic rings. The van der Waals surface area contributed by atoms with Gasteiger partial charge in [-0.05, 0) is 6.07 Å². The van der Waals surface area contributed by atoms with Crippen LogP contribution in [-0.4, -0.2) is 28.1 Å². The second-order valence-corrected chi connectivity index (χ2v) is 4.52. The lowest BCUT2D eigenvalue weighted by Crippen LogP contribution is -2.30. The van der Waals surface area contributed by atoms with Gasteiger partial charge in [0.2, 0.25) is 5.91 Å². The normalized spacial score (nSPS) is 13.3. The van der Waals surface area contributed by atoms with Crippen LogP contribution in [0.1, 0.15) is 24.2 Å². The van der Waals surface area contributed by atoms with Crippen molar-refractivity contribution in [2.75, 3.05) is 5.32 Å². The fraction of sp³-hybridized carbons (Fsp3) is 0.308. The van der Waals surface area contributed by atoms with Crippen LogP contribution in [0, 0.1) is 23.5 Å². The number of hydrogen-bond donors (Lipinski definition) is 3. The van der Waals surface area contributed by atoms with Crippen molar-refractivity contribution in [1.29, 1.82) is 0 Å². The molecule has 0 fully saturated rings. The lowest BCUT2D eigenvalue weighted by Gasteiger charge is -2.16. The first-order valence-corrected chi connectivity index (χ1v) is 5.91. The average molecular weight is 301 g/mol. The zero-order chi connectivity index (χ0) is 16.3. The SMILES string of the molecule is CC(C(=O)O)C(C)C(=O)Nc1cc(C(=O)O)c(F)cc1F. The van der Waals surface area contributed by atoms with Crippen molar-refractivity contribution in [2.45, 2.75) is 13.8 Å². The highest BCUT2D eigenvalue weighted by molar-refractivity contribution is 5.96. The number of halogens is 2. The molecule has 3 N–H and O–H groups in total. The van der Waals surface area contributed by atoms with Crippen LogP contribution in [-0.2, 0) is 9.59 Å². The largest absolute Gasteiger partial charge is 0.481 e. The van der Waals surface area contributed by atoms with Gasteiger partial charge in [-0.15, -0.1) is 0 Å². The van der Waals surface area contributed by atoms with Gasteiger partial charge in [0.05, 0.1) is 17.2 Å². The van der Waals surface area contributed by atoms with Crippen molar-refractivity contribution in [1.82, 2.24) is 0 Å². The average Bonchev–Trinajstić information content (AvgIpc) is 2.39. The number of carboxylic acid groups (broad SMARTS) is 2. The summed E-state index contributed by atoms with van der Waals surface area (Å²) in [6.07, 6.45) is 0. The number of hydrogen-bond acceptors (Lipinski definition) is 3. The van der Waals surface area contributed by atoms with Crippen molar-refractivity contribution in [2.24, 2.45) is 11.8 Å². The fourth-order valence-electron chi connectivity index (χ4n) is 1.50. The summed E-state index contributed by atoms with van der Waals surface area (Å²) in [5, 5.41) is 19.6. The van der Waals surface area contributed by atoms with Crippen molar-refractivity contribution < 1.29 is 33.4 Å². The summed E-state index contributed by atoms with van der Waals surface area (Å²) >= 11 is 0. The Labute approximate surface area is 118 Å².